The van der Waals surface area contributed by atoms with Crippen molar-refractivity contribution < 1.29 is 19.4 Å². The lowest BCUT2D eigenvalue weighted by molar-refractivity contribution is -0.137. The van der Waals surface area contributed by atoms with Crippen LogP contribution in [0.4, 0.5) is 0 Å². The molecule has 0 fully saturated rings. The molecule has 1 atom stereocenters. The molecule has 0 radical (unpaired) electrons. The summed E-state index contributed by atoms with van der Waals surface area (Å²) in [5, 5.41) is 13.8. The first-order chi connectivity index (χ1) is 11.1. The van der Waals surface area contributed by atoms with E-state index in [1.807, 2.05) is 29.6 Å². The molecule has 0 bridgehead atoms. The standard InChI is InChI=1S/C17H17NO4S/c19-16(20)9-14(15-2-1-7-23-15)18-17(21)12-3-4-13-10-22-6-5-11(13)8-12/h1-4,7-8,14H,5-6,9-10H2,(H,18,21)(H,19,20). The number of aliphatic carboxylic acids is 1. The van der Waals surface area contributed by atoms with E-state index in [-0.39, 0.29) is 12.3 Å². The van der Waals surface area contributed by atoms with E-state index in [1.165, 1.54) is 11.3 Å². The second-order valence-corrected chi connectivity index (χ2v) is 6.40. The highest BCUT2D eigenvalue weighted by molar-refractivity contribution is 7.10. The van der Waals surface area contributed by atoms with Gasteiger partial charge in [-0.15, -0.1) is 11.3 Å². The maximum atomic E-state index is 12.5. The molecule has 0 saturated heterocycles. The molecule has 120 valence electrons. The van der Waals surface area contributed by atoms with Gasteiger partial charge in [0.2, 0.25) is 0 Å². The zero-order valence-corrected chi connectivity index (χ0v) is 13.3. The minimum absolute atomic E-state index is 0.134. The summed E-state index contributed by atoms with van der Waals surface area (Å²) in [5.74, 6) is -1.19. The first-order valence-electron chi connectivity index (χ1n) is 7.39. The van der Waals surface area contributed by atoms with Gasteiger partial charge in [0.1, 0.15) is 0 Å². The van der Waals surface area contributed by atoms with Gasteiger partial charge in [0.15, 0.2) is 0 Å². The number of rotatable bonds is 5. The summed E-state index contributed by atoms with van der Waals surface area (Å²) in [4.78, 5) is 24.4. The largest absolute Gasteiger partial charge is 0.481 e. The van der Waals surface area contributed by atoms with E-state index in [0.29, 0.717) is 18.8 Å². The van der Waals surface area contributed by atoms with Crippen molar-refractivity contribution in [3.63, 3.8) is 0 Å². The van der Waals surface area contributed by atoms with E-state index in [4.69, 9.17) is 9.84 Å². The molecule has 1 amide bonds. The maximum absolute atomic E-state index is 12.5. The Morgan fingerprint density at radius 2 is 2.17 bits per heavy atom. The van der Waals surface area contributed by atoms with E-state index in [9.17, 15) is 9.59 Å². The molecule has 5 nitrogen and oxygen atoms in total. The van der Waals surface area contributed by atoms with E-state index in [0.717, 1.165) is 22.4 Å². The molecule has 1 aromatic carbocycles. The fourth-order valence-electron chi connectivity index (χ4n) is 2.63. The van der Waals surface area contributed by atoms with Gasteiger partial charge in [-0.1, -0.05) is 12.1 Å². The van der Waals surface area contributed by atoms with Crippen molar-refractivity contribution in [2.75, 3.05) is 6.61 Å². The van der Waals surface area contributed by atoms with Crippen LogP contribution in [0.5, 0.6) is 0 Å². The van der Waals surface area contributed by atoms with Crippen LogP contribution < -0.4 is 5.32 Å². The third kappa shape index (κ3) is 3.78. The Hall–Kier alpha value is -2.18. The third-order valence-corrected chi connectivity index (χ3v) is 4.80. The van der Waals surface area contributed by atoms with Gasteiger partial charge < -0.3 is 15.2 Å². The number of thiophene rings is 1. The molecule has 1 aliphatic rings. The summed E-state index contributed by atoms with van der Waals surface area (Å²) >= 11 is 1.44. The normalized spacial score (nSPS) is 14.8. The highest BCUT2D eigenvalue weighted by Crippen LogP contribution is 2.23. The lowest BCUT2D eigenvalue weighted by atomic mass is 10.00. The second kappa shape index (κ2) is 6.93. The number of carboxylic acid groups (broad SMARTS) is 1. The minimum atomic E-state index is -0.939. The van der Waals surface area contributed by atoms with Crippen molar-refractivity contribution in [3.8, 4) is 0 Å². The lowest BCUT2D eigenvalue weighted by Gasteiger charge is -2.19. The molecule has 0 aliphatic carbocycles. The summed E-state index contributed by atoms with van der Waals surface area (Å²) < 4.78 is 5.39. The van der Waals surface area contributed by atoms with Gasteiger partial charge in [0.05, 0.1) is 25.7 Å². The van der Waals surface area contributed by atoms with Crippen molar-refractivity contribution >= 4 is 23.2 Å². The van der Waals surface area contributed by atoms with Crippen molar-refractivity contribution in [3.05, 3.63) is 57.3 Å². The smallest absolute Gasteiger partial charge is 0.305 e. The highest BCUT2D eigenvalue weighted by Gasteiger charge is 2.20. The summed E-state index contributed by atoms with van der Waals surface area (Å²) in [6.07, 6.45) is 0.658. The van der Waals surface area contributed by atoms with Crippen LogP contribution in [0.15, 0.2) is 35.7 Å². The van der Waals surface area contributed by atoms with E-state index in [2.05, 4.69) is 5.32 Å². The number of hydrogen-bond donors (Lipinski definition) is 2. The van der Waals surface area contributed by atoms with E-state index >= 15 is 0 Å². The van der Waals surface area contributed by atoms with Crippen molar-refractivity contribution in [2.45, 2.75) is 25.5 Å². The molecule has 2 N–H and O–H groups in total. The second-order valence-electron chi connectivity index (χ2n) is 5.43. The number of nitrogens with one attached hydrogen (secondary N) is 1. The molecule has 6 heteroatoms. The highest BCUT2D eigenvalue weighted by atomic mass is 32.1. The molecule has 2 heterocycles. The molecule has 2 aromatic rings. The Morgan fingerprint density at radius 3 is 2.91 bits per heavy atom. The van der Waals surface area contributed by atoms with Gasteiger partial charge in [-0.3, -0.25) is 9.59 Å². The van der Waals surface area contributed by atoms with E-state index < -0.39 is 12.0 Å². The first-order valence-corrected chi connectivity index (χ1v) is 8.27. The average molecular weight is 331 g/mol. The number of fused-ring (bicyclic) bond motifs is 1. The number of carbonyl (C=O) groups excluding carboxylic acids is 1. The van der Waals surface area contributed by atoms with Crippen LogP contribution in [0.3, 0.4) is 0 Å². The molecular formula is C17H17NO4S. The van der Waals surface area contributed by atoms with Crippen LogP contribution in [-0.4, -0.2) is 23.6 Å². The Bertz CT molecular complexity index is 711. The average Bonchev–Trinajstić information content (AvgIpc) is 3.07. The van der Waals surface area contributed by atoms with Crippen molar-refractivity contribution in [1.82, 2.24) is 5.32 Å². The van der Waals surface area contributed by atoms with Crippen LogP contribution in [0.25, 0.3) is 0 Å². The fourth-order valence-corrected chi connectivity index (χ4v) is 3.41. The molecule has 23 heavy (non-hydrogen) atoms. The minimum Gasteiger partial charge on any atom is -0.481 e. The Balaban J connectivity index is 1.77. The monoisotopic (exact) mass is 331 g/mol. The van der Waals surface area contributed by atoms with Crippen LogP contribution >= 0.6 is 11.3 Å². The number of amides is 1. The predicted octanol–water partition coefficient (Wildman–Crippen LogP) is 2.77. The quantitative estimate of drug-likeness (QED) is 0.883. The van der Waals surface area contributed by atoms with Gasteiger partial charge in [0.25, 0.3) is 5.91 Å². The summed E-state index contributed by atoms with van der Waals surface area (Å²) in [5.41, 5.74) is 2.78. The zero-order valence-electron chi connectivity index (χ0n) is 12.5. The molecular weight excluding hydrogens is 314 g/mol. The molecule has 1 unspecified atom stereocenters. The SMILES string of the molecule is O=C(O)CC(NC(=O)c1ccc2c(c1)CCOC2)c1cccs1. The summed E-state index contributed by atoms with van der Waals surface area (Å²) in [6, 6.07) is 8.71. The topological polar surface area (TPSA) is 75.6 Å². The molecule has 0 saturated carbocycles. The molecule has 1 aliphatic heterocycles. The van der Waals surface area contributed by atoms with Crippen LogP contribution in [0.2, 0.25) is 0 Å². The lowest BCUT2D eigenvalue weighted by Crippen LogP contribution is -2.30. The van der Waals surface area contributed by atoms with Crippen molar-refractivity contribution in [1.29, 1.82) is 0 Å². The Labute approximate surface area is 137 Å². The molecule has 0 spiro atoms. The van der Waals surface area contributed by atoms with Crippen molar-refractivity contribution in [2.24, 2.45) is 0 Å². The van der Waals surface area contributed by atoms with Crippen LogP contribution in [0.1, 0.15) is 38.8 Å². The van der Waals surface area contributed by atoms with Gasteiger partial charge in [0, 0.05) is 10.4 Å². The molecule has 3 rings (SSSR count). The number of carbonyl (C=O) groups is 2. The van der Waals surface area contributed by atoms with E-state index in [1.54, 1.807) is 6.07 Å². The van der Waals surface area contributed by atoms with Gasteiger partial charge in [-0.25, -0.2) is 0 Å². The number of ether oxygens (including phenoxy) is 1. The third-order valence-electron chi connectivity index (χ3n) is 3.81. The number of hydrogen-bond acceptors (Lipinski definition) is 4. The van der Waals surface area contributed by atoms with Gasteiger partial charge in [-0.05, 0) is 41.1 Å². The molecule has 1 aromatic heterocycles. The number of benzene rings is 1. The summed E-state index contributed by atoms with van der Waals surface area (Å²) in [6.45, 7) is 1.24. The van der Waals surface area contributed by atoms with Gasteiger partial charge in [-0.2, -0.15) is 0 Å². The Morgan fingerprint density at radius 1 is 1.30 bits per heavy atom. The Kier molecular flexibility index (Phi) is 4.73. The number of carboxylic acids is 1. The maximum Gasteiger partial charge on any atom is 0.305 e. The fraction of sp³-hybridized carbons (Fsp3) is 0.294. The zero-order chi connectivity index (χ0) is 16.2. The van der Waals surface area contributed by atoms with Gasteiger partial charge >= 0.3 is 5.97 Å². The van der Waals surface area contributed by atoms with Crippen LogP contribution in [-0.2, 0) is 22.6 Å². The van der Waals surface area contributed by atoms with Crippen LogP contribution in [0, 0.1) is 0 Å². The first kappa shape index (κ1) is 15.7. The summed E-state index contributed by atoms with van der Waals surface area (Å²) in [7, 11) is 0. The predicted molar refractivity (Wildman–Crippen MR) is 86.6 cm³/mol.